The van der Waals surface area contributed by atoms with Crippen LogP contribution in [0.25, 0.3) is 0 Å². The van der Waals surface area contributed by atoms with Crippen molar-refractivity contribution in [2.45, 2.75) is 19.3 Å². The van der Waals surface area contributed by atoms with Crippen molar-refractivity contribution in [1.82, 2.24) is 0 Å². The molecule has 34 valence electrons. The highest BCUT2D eigenvalue weighted by Gasteiger charge is 1.87. The number of hydrogen-bond acceptors (Lipinski definition) is 0. The molecule has 0 spiro atoms. The summed E-state index contributed by atoms with van der Waals surface area (Å²) in [6, 6.07) is 0. The van der Waals surface area contributed by atoms with Gasteiger partial charge in [0.05, 0.1) is 0 Å². The third kappa shape index (κ3) is 1.10. The van der Waals surface area contributed by atoms with Crippen LogP contribution in [0, 0.1) is 0 Å². The van der Waals surface area contributed by atoms with E-state index < -0.39 is 0 Å². The van der Waals surface area contributed by atoms with Gasteiger partial charge in [-0.2, -0.15) is 0 Å². The molecule has 0 aromatic rings. The van der Waals surface area contributed by atoms with Crippen LogP contribution in [0.2, 0.25) is 0 Å². The molecule has 0 amide bonds. The second kappa shape index (κ2) is 2.36. The molecule has 6 heavy (non-hydrogen) atoms. The highest BCUT2D eigenvalue weighted by atomic mass is 31.1. The lowest BCUT2D eigenvalue weighted by molar-refractivity contribution is 0.848. The van der Waals surface area contributed by atoms with E-state index in [2.05, 4.69) is 5.80 Å². The fourth-order valence-corrected chi connectivity index (χ4v) is 1.58. The van der Waals surface area contributed by atoms with Gasteiger partial charge < -0.3 is 0 Å². The molecule has 1 rings (SSSR count). The lowest BCUT2D eigenvalue weighted by Crippen LogP contribution is -1.83. The molecule has 0 saturated carbocycles. The monoisotopic (exact) mass is 100 g/mol. The molecule has 0 saturated heterocycles. The Morgan fingerprint density at radius 3 is 2.50 bits per heavy atom. The Morgan fingerprint density at radius 2 is 2.33 bits per heavy atom. The maximum atomic E-state index is 2.36. The summed E-state index contributed by atoms with van der Waals surface area (Å²) in [4.78, 5) is 0. The van der Waals surface area contributed by atoms with Crippen LogP contribution in [0.1, 0.15) is 19.3 Å². The molecule has 0 N–H and O–H groups in total. The fourth-order valence-electron chi connectivity index (χ4n) is 0.621. The Labute approximate surface area is 40.4 Å². The van der Waals surface area contributed by atoms with Gasteiger partial charge in [0.1, 0.15) is 0 Å². The van der Waals surface area contributed by atoms with Gasteiger partial charge in [0.25, 0.3) is 0 Å². The third-order valence-electron chi connectivity index (χ3n) is 1.000. The molecule has 0 radical (unpaired) electrons. The minimum Gasteiger partial charge on any atom is -0.109 e. The fraction of sp³-hybridized carbons (Fsp3) is 0.800. The van der Waals surface area contributed by atoms with E-state index in [4.69, 9.17) is 0 Å². The Morgan fingerprint density at radius 1 is 1.33 bits per heavy atom. The molecule has 0 fully saturated rings. The van der Waals surface area contributed by atoms with Gasteiger partial charge in [0.15, 0.2) is 0 Å². The molecule has 0 nitrogen and oxygen atoms in total. The molecule has 0 aromatic carbocycles. The maximum absolute atomic E-state index is 2.36. The Balaban J connectivity index is 2.26. The van der Waals surface area contributed by atoms with E-state index in [9.17, 15) is 0 Å². The van der Waals surface area contributed by atoms with Crippen molar-refractivity contribution in [3.05, 3.63) is 0 Å². The average molecular weight is 100 g/mol. The normalized spacial score (nSPS) is 24.0. The lowest BCUT2D eigenvalue weighted by Gasteiger charge is -1.96. The molecule has 1 heteroatoms. The molecule has 0 bridgehead atoms. The van der Waals surface area contributed by atoms with Crippen LogP contribution < -0.4 is 0 Å². The second-order valence-electron chi connectivity index (χ2n) is 1.58. The first-order chi connectivity index (χ1) is 3.00. The number of hydrogen-bond donors (Lipinski definition) is 0. The average Bonchev–Trinajstić information content (AvgIpc) is 1.72. The molecule has 1 heterocycles. The van der Waals surface area contributed by atoms with Crippen LogP contribution in [-0.2, 0) is 0 Å². The van der Waals surface area contributed by atoms with Crippen molar-refractivity contribution in [3.8, 4) is 0 Å². The zero-order valence-corrected chi connectivity index (χ0v) is 4.75. The lowest BCUT2D eigenvalue weighted by atomic mass is 10.3. The van der Waals surface area contributed by atoms with Crippen molar-refractivity contribution >= 4 is 14.0 Å². The zero-order chi connectivity index (χ0) is 4.24. The molecule has 1 aliphatic rings. The second-order valence-corrected chi connectivity index (χ2v) is 2.76. The van der Waals surface area contributed by atoms with Gasteiger partial charge in [-0.15, -0.1) is 8.20 Å². The van der Waals surface area contributed by atoms with Crippen molar-refractivity contribution < 1.29 is 0 Å². The van der Waals surface area contributed by atoms with Crippen LogP contribution in [0.5, 0.6) is 0 Å². The zero-order valence-electron chi connectivity index (χ0n) is 3.85. The van der Waals surface area contributed by atoms with Crippen LogP contribution in [0.4, 0.5) is 0 Å². The summed E-state index contributed by atoms with van der Waals surface area (Å²) in [6.45, 7) is 0. The quantitative estimate of drug-likeness (QED) is 0.408. The summed E-state index contributed by atoms with van der Waals surface area (Å²) in [5.41, 5.74) is 0. The standard InChI is InChI=1S/C5H9P/c1-2-4-6-5-3-1/h4H,1-3,5H2. The summed E-state index contributed by atoms with van der Waals surface area (Å²) in [5, 5.41) is 0. The Hall–Kier alpha value is 0.170. The van der Waals surface area contributed by atoms with E-state index in [1.54, 1.807) is 8.20 Å². The highest BCUT2D eigenvalue weighted by Crippen LogP contribution is 2.09. The van der Waals surface area contributed by atoms with Crippen molar-refractivity contribution in [2.75, 3.05) is 6.16 Å². The van der Waals surface area contributed by atoms with E-state index in [1.165, 1.54) is 25.4 Å². The SMILES string of the molecule is C1=PCCCC1. The minimum atomic E-state index is 1.36. The summed E-state index contributed by atoms with van der Waals surface area (Å²) in [7, 11) is 1.57. The molecule has 1 aliphatic heterocycles. The maximum Gasteiger partial charge on any atom is -0.0109 e. The van der Waals surface area contributed by atoms with Crippen molar-refractivity contribution in [2.24, 2.45) is 0 Å². The van der Waals surface area contributed by atoms with Gasteiger partial charge in [0, 0.05) is 0 Å². The summed E-state index contributed by atoms with van der Waals surface area (Å²) in [6.07, 6.45) is 5.67. The van der Waals surface area contributed by atoms with Gasteiger partial charge in [-0.1, -0.05) is 5.80 Å². The summed E-state index contributed by atoms with van der Waals surface area (Å²) >= 11 is 0. The van der Waals surface area contributed by atoms with Gasteiger partial charge in [-0.05, 0) is 25.4 Å². The largest absolute Gasteiger partial charge is 0.109 e. The molecule has 0 atom stereocenters. The Kier molecular flexibility index (Phi) is 1.71. The first kappa shape index (κ1) is 4.33. The minimum absolute atomic E-state index is 1.36. The first-order valence-electron chi connectivity index (χ1n) is 2.48. The van der Waals surface area contributed by atoms with E-state index in [1.807, 2.05) is 0 Å². The molecule has 0 unspecified atom stereocenters. The third-order valence-corrected chi connectivity index (χ3v) is 2.09. The van der Waals surface area contributed by atoms with E-state index in [-0.39, 0.29) is 0 Å². The van der Waals surface area contributed by atoms with E-state index in [0.29, 0.717) is 0 Å². The summed E-state index contributed by atoms with van der Waals surface area (Å²) < 4.78 is 0. The van der Waals surface area contributed by atoms with Crippen molar-refractivity contribution in [3.63, 3.8) is 0 Å². The van der Waals surface area contributed by atoms with Gasteiger partial charge in [0.2, 0.25) is 0 Å². The van der Waals surface area contributed by atoms with Crippen molar-refractivity contribution in [1.29, 1.82) is 0 Å². The Bertz CT molecular complexity index is 49.0. The summed E-state index contributed by atoms with van der Waals surface area (Å²) in [5.74, 6) is 2.36. The first-order valence-corrected chi connectivity index (χ1v) is 3.63. The smallest absolute Gasteiger partial charge is 0.0109 e. The van der Waals surface area contributed by atoms with Gasteiger partial charge in [-0.25, -0.2) is 0 Å². The number of rotatable bonds is 0. The van der Waals surface area contributed by atoms with E-state index >= 15 is 0 Å². The van der Waals surface area contributed by atoms with Crippen LogP contribution >= 0.6 is 8.20 Å². The van der Waals surface area contributed by atoms with E-state index in [0.717, 1.165) is 0 Å². The van der Waals surface area contributed by atoms with Crippen LogP contribution in [0.3, 0.4) is 0 Å². The highest BCUT2D eigenvalue weighted by molar-refractivity contribution is 7.38. The predicted molar refractivity (Wildman–Crippen MR) is 31.7 cm³/mol. The molecular weight excluding hydrogens is 91.0 g/mol. The molecular formula is C5H9P. The predicted octanol–water partition coefficient (Wildman–Crippen LogP) is 1.92. The molecule has 0 aliphatic carbocycles. The van der Waals surface area contributed by atoms with Crippen LogP contribution in [0.15, 0.2) is 0 Å². The van der Waals surface area contributed by atoms with Gasteiger partial charge in [-0.3, -0.25) is 0 Å². The van der Waals surface area contributed by atoms with Crippen LogP contribution in [-0.4, -0.2) is 12.0 Å². The topological polar surface area (TPSA) is 0 Å². The molecule has 0 aromatic heterocycles. The van der Waals surface area contributed by atoms with Gasteiger partial charge >= 0.3 is 0 Å².